The molecule has 0 saturated heterocycles. The van der Waals surface area contributed by atoms with Gasteiger partial charge in [-0.05, 0) is 26.3 Å². The predicted octanol–water partition coefficient (Wildman–Crippen LogP) is 3.61. The lowest BCUT2D eigenvalue weighted by molar-refractivity contribution is -0.128. The van der Waals surface area contributed by atoms with E-state index in [1.807, 2.05) is 63.2 Å². The monoisotopic (exact) mass is 295 g/mol. The molecule has 0 saturated carbocycles. The van der Waals surface area contributed by atoms with Crippen LogP contribution in [0.15, 0.2) is 54.6 Å². The number of nitrogens with zero attached hydrogens (tertiary/aromatic N) is 1. The Bertz CT molecular complexity index is 645. The maximum atomic E-state index is 12.6. The lowest BCUT2D eigenvalue weighted by Gasteiger charge is -2.26. The summed E-state index contributed by atoms with van der Waals surface area (Å²) < 4.78 is 0. The van der Waals surface area contributed by atoms with E-state index in [2.05, 4.69) is 0 Å². The highest BCUT2D eigenvalue weighted by molar-refractivity contribution is 6.42. The summed E-state index contributed by atoms with van der Waals surface area (Å²) in [4.78, 5) is 26.6. The van der Waals surface area contributed by atoms with Crippen LogP contribution in [0.3, 0.4) is 0 Å². The van der Waals surface area contributed by atoms with Gasteiger partial charge in [0.1, 0.15) is 0 Å². The largest absolute Gasteiger partial charge is 0.329 e. The van der Waals surface area contributed by atoms with Crippen LogP contribution >= 0.6 is 0 Å². The first-order chi connectivity index (χ1) is 10.5. The molecule has 0 radical (unpaired) electrons. The molecule has 0 atom stereocenters. The van der Waals surface area contributed by atoms with Gasteiger partial charge in [0.15, 0.2) is 0 Å². The van der Waals surface area contributed by atoms with Gasteiger partial charge in [-0.3, -0.25) is 9.59 Å². The first-order valence-corrected chi connectivity index (χ1v) is 7.45. The zero-order valence-corrected chi connectivity index (χ0v) is 13.2. The van der Waals surface area contributed by atoms with Crippen molar-refractivity contribution in [2.24, 2.45) is 0 Å². The summed E-state index contributed by atoms with van der Waals surface area (Å²) in [6, 6.07) is 16.8. The highest BCUT2D eigenvalue weighted by Crippen LogP contribution is 2.12. The van der Waals surface area contributed by atoms with Crippen molar-refractivity contribution in [3.63, 3.8) is 0 Å². The van der Waals surface area contributed by atoms with Gasteiger partial charge in [0, 0.05) is 18.2 Å². The number of carbonyl (C=O) groups excluding carboxylic acids is 2. The van der Waals surface area contributed by atoms with E-state index in [4.69, 9.17) is 0 Å². The standard InChI is InChI=1S/C19H21NO2/c1-14(2)20(13-16-7-5-4-6-8-16)19(22)18(21)17-11-9-15(3)10-12-17/h4-12,14H,13H2,1-3H3. The maximum absolute atomic E-state index is 12.6. The Morgan fingerprint density at radius 3 is 2.09 bits per heavy atom. The molecule has 0 N–H and O–H groups in total. The summed E-state index contributed by atoms with van der Waals surface area (Å²) >= 11 is 0. The summed E-state index contributed by atoms with van der Waals surface area (Å²) in [5, 5.41) is 0. The fourth-order valence-electron chi connectivity index (χ4n) is 2.23. The Morgan fingerprint density at radius 2 is 1.55 bits per heavy atom. The van der Waals surface area contributed by atoms with Gasteiger partial charge in [-0.1, -0.05) is 60.2 Å². The van der Waals surface area contributed by atoms with Gasteiger partial charge in [0.05, 0.1) is 0 Å². The number of Topliss-reactive ketones (excluding diaryl/α,β-unsaturated/α-hetero) is 1. The van der Waals surface area contributed by atoms with Crippen LogP contribution in [0.1, 0.15) is 35.3 Å². The Hall–Kier alpha value is -2.42. The highest BCUT2D eigenvalue weighted by atomic mass is 16.2. The molecule has 2 aromatic carbocycles. The molecule has 2 rings (SSSR count). The fraction of sp³-hybridized carbons (Fsp3) is 0.263. The number of hydrogen-bond acceptors (Lipinski definition) is 2. The van der Waals surface area contributed by atoms with Gasteiger partial charge >= 0.3 is 0 Å². The van der Waals surface area contributed by atoms with Crippen LogP contribution in [-0.4, -0.2) is 22.6 Å². The number of rotatable bonds is 5. The van der Waals surface area contributed by atoms with Crippen molar-refractivity contribution in [1.29, 1.82) is 0 Å². The van der Waals surface area contributed by atoms with E-state index in [-0.39, 0.29) is 6.04 Å². The van der Waals surface area contributed by atoms with E-state index < -0.39 is 11.7 Å². The smallest absolute Gasteiger partial charge is 0.295 e. The number of aryl methyl sites for hydroxylation is 1. The Morgan fingerprint density at radius 1 is 0.955 bits per heavy atom. The summed E-state index contributed by atoms with van der Waals surface area (Å²) in [5.74, 6) is -0.910. The Kier molecular flexibility index (Phi) is 5.10. The summed E-state index contributed by atoms with van der Waals surface area (Å²) in [6.07, 6.45) is 0. The fourth-order valence-corrected chi connectivity index (χ4v) is 2.23. The van der Waals surface area contributed by atoms with Gasteiger partial charge in [-0.25, -0.2) is 0 Å². The van der Waals surface area contributed by atoms with Gasteiger partial charge in [0.2, 0.25) is 5.78 Å². The minimum Gasteiger partial charge on any atom is -0.329 e. The topological polar surface area (TPSA) is 37.4 Å². The van der Waals surface area contributed by atoms with Crippen LogP contribution in [-0.2, 0) is 11.3 Å². The molecule has 0 heterocycles. The van der Waals surface area contributed by atoms with Crippen LogP contribution in [0.4, 0.5) is 0 Å². The molecular weight excluding hydrogens is 274 g/mol. The van der Waals surface area contributed by atoms with Gasteiger partial charge in [0.25, 0.3) is 5.91 Å². The van der Waals surface area contributed by atoms with Crippen LogP contribution in [0.5, 0.6) is 0 Å². The Labute approximate surface area is 131 Å². The van der Waals surface area contributed by atoms with E-state index >= 15 is 0 Å². The maximum Gasteiger partial charge on any atom is 0.295 e. The molecule has 22 heavy (non-hydrogen) atoms. The van der Waals surface area contributed by atoms with E-state index in [9.17, 15) is 9.59 Å². The molecule has 3 nitrogen and oxygen atoms in total. The van der Waals surface area contributed by atoms with Crippen molar-refractivity contribution >= 4 is 11.7 Å². The van der Waals surface area contributed by atoms with Crippen LogP contribution in [0.25, 0.3) is 0 Å². The van der Waals surface area contributed by atoms with Gasteiger partial charge < -0.3 is 4.90 Å². The van der Waals surface area contributed by atoms with Gasteiger partial charge in [-0.15, -0.1) is 0 Å². The van der Waals surface area contributed by atoms with Crippen molar-refractivity contribution in [1.82, 2.24) is 4.90 Å². The average molecular weight is 295 g/mol. The third-order valence-electron chi connectivity index (χ3n) is 3.59. The minimum absolute atomic E-state index is 0.0397. The second kappa shape index (κ2) is 7.03. The molecule has 114 valence electrons. The molecular formula is C19H21NO2. The number of amides is 1. The summed E-state index contributed by atoms with van der Waals surface area (Å²) in [5.41, 5.74) is 2.52. The second-order valence-corrected chi connectivity index (χ2v) is 5.71. The first-order valence-electron chi connectivity index (χ1n) is 7.45. The third kappa shape index (κ3) is 3.82. The molecule has 0 fully saturated rings. The number of ketones is 1. The molecule has 0 aliphatic heterocycles. The zero-order chi connectivity index (χ0) is 16.1. The summed E-state index contributed by atoms with van der Waals surface area (Å²) in [7, 11) is 0. The van der Waals surface area contributed by atoms with Crippen LogP contribution in [0.2, 0.25) is 0 Å². The van der Waals surface area contributed by atoms with Crippen molar-refractivity contribution in [3.05, 3.63) is 71.3 Å². The number of hydrogen-bond donors (Lipinski definition) is 0. The molecule has 0 aliphatic rings. The number of carbonyl (C=O) groups is 2. The van der Waals surface area contributed by atoms with Gasteiger partial charge in [-0.2, -0.15) is 0 Å². The lowest BCUT2D eigenvalue weighted by Crippen LogP contribution is -2.40. The molecule has 3 heteroatoms. The quantitative estimate of drug-likeness (QED) is 0.624. The molecule has 1 amide bonds. The van der Waals surface area contributed by atoms with Crippen molar-refractivity contribution in [2.75, 3.05) is 0 Å². The van der Waals surface area contributed by atoms with Crippen molar-refractivity contribution < 1.29 is 9.59 Å². The van der Waals surface area contributed by atoms with Crippen molar-refractivity contribution in [3.8, 4) is 0 Å². The summed E-state index contributed by atoms with van der Waals surface area (Å²) in [6.45, 7) is 6.23. The normalized spacial score (nSPS) is 10.5. The Balaban J connectivity index is 2.19. The number of benzene rings is 2. The third-order valence-corrected chi connectivity index (χ3v) is 3.59. The second-order valence-electron chi connectivity index (χ2n) is 5.71. The van der Waals surface area contributed by atoms with Crippen LogP contribution < -0.4 is 0 Å². The molecule has 0 aliphatic carbocycles. The average Bonchev–Trinajstić information content (AvgIpc) is 2.53. The molecule has 0 bridgehead atoms. The first kappa shape index (κ1) is 16.0. The molecule has 2 aromatic rings. The SMILES string of the molecule is Cc1ccc(C(=O)C(=O)N(Cc2ccccc2)C(C)C)cc1. The molecule has 0 unspecified atom stereocenters. The molecule has 0 aromatic heterocycles. The predicted molar refractivity (Wildman–Crippen MR) is 87.6 cm³/mol. The zero-order valence-electron chi connectivity index (χ0n) is 13.2. The van der Waals surface area contributed by atoms with E-state index in [0.717, 1.165) is 11.1 Å². The lowest BCUT2D eigenvalue weighted by atomic mass is 10.1. The minimum atomic E-state index is -0.456. The van der Waals surface area contributed by atoms with Crippen molar-refractivity contribution in [2.45, 2.75) is 33.4 Å². The molecule has 0 spiro atoms. The highest BCUT2D eigenvalue weighted by Gasteiger charge is 2.25. The van der Waals surface area contributed by atoms with Crippen LogP contribution in [0, 0.1) is 6.92 Å². The van der Waals surface area contributed by atoms with E-state index in [1.54, 1.807) is 17.0 Å². The van der Waals surface area contributed by atoms with E-state index in [0.29, 0.717) is 12.1 Å². The van der Waals surface area contributed by atoms with E-state index in [1.165, 1.54) is 0 Å².